The second-order valence-electron chi connectivity index (χ2n) is 3.94. The van der Waals surface area contributed by atoms with E-state index in [1.807, 2.05) is 19.1 Å². The van der Waals surface area contributed by atoms with Gasteiger partial charge < -0.3 is 10.1 Å². The number of rotatable bonds is 6. The highest BCUT2D eigenvalue weighted by Crippen LogP contribution is 2.18. The van der Waals surface area contributed by atoms with Crippen LogP contribution in [0.1, 0.15) is 37.6 Å². The molecule has 0 bridgehead atoms. The minimum absolute atomic E-state index is 0.0501. The van der Waals surface area contributed by atoms with Crippen LogP contribution in [0, 0.1) is 0 Å². The van der Waals surface area contributed by atoms with Gasteiger partial charge in [-0.2, -0.15) is 0 Å². The molecule has 1 aromatic rings. The molecule has 0 radical (unpaired) electrons. The van der Waals surface area contributed by atoms with Crippen molar-refractivity contribution in [3.63, 3.8) is 0 Å². The number of Topliss-reactive ketones (excluding diaryl/α,β-unsaturated/α-hetero) is 1. The fraction of sp³-hybridized carbons (Fsp3) is 0.429. The second kappa shape index (κ2) is 6.79. The monoisotopic (exact) mass is 249 g/mol. The summed E-state index contributed by atoms with van der Waals surface area (Å²) in [5, 5.41) is 3.01. The SMILES string of the molecule is CCOC(=O)[C@H](C)Nc1ccccc1C(=O)CC. The summed E-state index contributed by atoms with van der Waals surface area (Å²) in [5.74, 6) is -0.273. The Bertz CT molecular complexity index is 429. The lowest BCUT2D eigenvalue weighted by Crippen LogP contribution is -2.28. The smallest absolute Gasteiger partial charge is 0.328 e. The highest BCUT2D eigenvalue weighted by Gasteiger charge is 2.16. The van der Waals surface area contributed by atoms with Crippen LogP contribution in [0.5, 0.6) is 0 Å². The third-order valence-corrected chi connectivity index (χ3v) is 2.56. The standard InChI is InChI=1S/C14H19NO3/c1-4-13(16)11-8-6-7-9-12(11)15-10(3)14(17)18-5-2/h6-10,15H,4-5H2,1-3H3/t10-/m0/s1. The highest BCUT2D eigenvalue weighted by atomic mass is 16.5. The Morgan fingerprint density at radius 1 is 1.28 bits per heavy atom. The van der Waals surface area contributed by atoms with Crippen molar-refractivity contribution >= 4 is 17.4 Å². The summed E-state index contributed by atoms with van der Waals surface area (Å²) in [6.45, 7) is 5.64. The fourth-order valence-electron chi connectivity index (χ4n) is 1.60. The minimum Gasteiger partial charge on any atom is -0.464 e. The van der Waals surface area contributed by atoms with Crippen LogP contribution in [-0.2, 0) is 9.53 Å². The summed E-state index contributed by atoms with van der Waals surface area (Å²) in [4.78, 5) is 23.3. The van der Waals surface area contributed by atoms with Crippen LogP contribution in [0.3, 0.4) is 0 Å². The molecule has 0 aliphatic carbocycles. The molecule has 0 spiro atoms. The predicted octanol–water partition coefficient (Wildman–Crippen LogP) is 2.64. The number of carbonyl (C=O) groups excluding carboxylic acids is 2. The van der Waals surface area contributed by atoms with Gasteiger partial charge in [0.1, 0.15) is 6.04 Å². The number of nitrogens with one attached hydrogen (secondary N) is 1. The Morgan fingerprint density at radius 2 is 1.94 bits per heavy atom. The van der Waals surface area contributed by atoms with Crippen molar-refractivity contribution in [1.29, 1.82) is 0 Å². The summed E-state index contributed by atoms with van der Waals surface area (Å²) in [6, 6.07) is 6.70. The Hall–Kier alpha value is -1.84. The molecule has 0 unspecified atom stereocenters. The van der Waals surface area contributed by atoms with Crippen molar-refractivity contribution in [3.05, 3.63) is 29.8 Å². The fourth-order valence-corrected chi connectivity index (χ4v) is 1.60. The lowest BCUT2D eigenvalue weighted by Gasteiger charge is -2.16. The van der Waals surface area contributed by atoms with E-state index in [0.29, 0.717) is 24.3 Å². The molecule has 0 aliphatic rings. The number of hydrogen-bond donors (Lipinski definition) is 1. The van der Waals surface area contributed by atoms with Gasteiger partial charge in [-0.05, 0) is 26.0 Å². The molecule has 18 heavy (non-hydrogen) atoms. The zero-order chi connectivity index (χ0) is 13.5. The summed E-state index contributed by atoms with van der Waals surface area (Å²) in [7, 11) is 0. The molecule has 0 saturated carbocycles. The van der Waals surface area contributed by atoms with Gasteiger partial charge >= 0.3 is 5.97 Å². The summed E-state index contributed by atoms with van der Waals surface area (Å²) >= 11 is 0. The number of esters is 1. The van der Waals surface area contributed by atoms with Crippen LogP contribution in [0.25, 0.3) is 0 Å². The van der Waals surface area contributed by atoms with E-state index in [-0.39, 0.29) is 11.8 Å². The van der Waals surface area contributed by atoms with Gasteiger partial charge in [-0.25, -0.2) is 4.79 Å². The van der Waals surface area contributed by atoms with Gasteiger partial charge in [-0.3, -0.25) is 4.79 Å². The van der Waals surface area contributed by atoms with E-state index >= 15 is 0 Å². The first-order chi connectivity index (χ1) is 8.60. The molecule has 0 saturated heterocycles. The van der Waals surface area contributed by atoms with E-state index in [9.17, 15) is 9.59 Å². The number of para-hydroxylation sites is 1. The van der Waals surface area contributed by atoms with Crippen LogP contribution >= 0.6 is 0 Å². The Balaban J connectivity index is 2.84. The van der Waals surface area contributed by atoms with Crippen molar-refractivity contribution in [1.82, 2.24) is 0 Å². The Kier molecular flexibility index (Phi) is 5.36. The van der Waals surface area contributed by atoms with Crippen LogP contribution in [0.15, 0.2) is 24.3 Å². The quantitative estimate of drug-likeness (QED) is 0.622. The molecule has 1 atom stereocenters. The largest absolute Gasteiger partial charge is 0.464 e. The van der Waals surface area contributed by atoms with E-state index < -0.39 is 6.04 Å². The van der Waals surface area contributed by atoms with Gasteiger partial charge in [-0.1, -0.05) is 19.1 Å². The van der Waals surface area contributed by atoms with Gasteiger partial charge in [0, 0.05) is 17.7 Å². The first-order valence-electron chi connectivity index (χ1n) is 6.15. The van der Waals surface area contributed by atoms with Gasteiger partial charge in [0.25, 0.3) is 0 Å². The molecule has 1 rings (SSSR count). The van der Waals surface area contributed by atoms with Crippen LogP contribution in [0.4, 0.5) is 5.69 Å². The van der Waals surface area contributed by atoms with Crippen molar-refractivity contribution in [2.75, 3.05) is 11.9 Å². The average molecular weight is 249 g/mol. The first-order valence-corrected chi connectivity index (χ1v) is 6.15. The van der Waals surface area contributed by atoms with E-state index in [0.717, 1.165) is 0 Å². The molecular weight excluding hydrogens is 230 g/mol. The van der Waals surface area contributed by atoms with Gasteiger partial charge in [0.05, 0.1) is 6.61 Å². The Morgan fingerprint density at radius 3 is 2.56 bits per heavy atom. The van der Waals surface area contributed by atoms with Crippen molar-refractivity contribution in [2.24, 2.45) is 0 Å². The number of carbonyl (C=O) groups is 2. The molecule has 0 fully saturated rings. The number of ketones is 1. The van der Waals surface area contributed by atoms with Gasteiger partial charge in [0.15, 0.2) is 5.78 Å². The predicted molar refractivity (Wildman–Crippen MR) is 70.8 cm³/mol. The van der Waals surface area contributed by atoms with Crippen molar-refractivity contribution in [2.45, 2.75) is 33.2 Å². The zero-order valence-electron chi connectivity index (χ0n) is 11.0. The maximum absolute atomic E-state index is 11.8. The number of benzene rings is 1. The van der Waals surface area contributed by atoms with E-state index in [4.69, 9.17) is 4.74 Å². The molecule has 0 amide bonds. The maximum Gasteiger partial charge on any atom is 0.328 e. The van der Waals surface area contributed by atoms with Gasteiger partial charge in [-0.15, -0.1) is 0 Å². The summed E-state index contributed by atoms with van der Waals surface area (Å²) in [6.07, 6.45) is 0.437. The second-order valence-corrected chi connectivity index (χ2v) is 3.94. The van der Waals surface area contributed by atoms with E-state index in [1.165, 1.54) is 0 Å². The zero-order valence-corrected chi connectivity index (χ0v) is 11.0. The third kappa shape index (κ3) is 3.58. The lowest BCUT2D eigenvalue weighted by molar-refractivity contribution is -0.143. The molecule has 1 N–H and O–H groups in total. The molecule has 98 valence electrons. The lowest BCUT2D eigenvalue weighted by atomic mass is 10.1. The van der Waals surface area contributed by atoms with Gasteiger partial charge in [0.2, 0.25) is 0 Å². The maximum atomic E-state index is 11.8. The molecule has 0 heterocycles. The highest BCUT2D eigenvalue weighted by molar-refractivity contribution is 6.01. The minimum atomic E-state index is -0.476. The summed E-state index contributed by atoms with van der Waals surface area (Å²) in [5.41, 5.74) is 1.28. The first kappa shape index (κ1) is 14.2. The molecular formula is C14H19NO3. The molecule has 0 aliphatic heterocycles. The van der Waals surface area contributed by atoms with Crippen molar-refractivity contribution < 1.29 is 14.3 Å². The van der Waals surface area contributed by atoms with Crippen LogP contribution in [0.2, 0.25) is 0 Å². The van der Waals surface area contributed by atoms with Crippen molar-refractivity contribution in [3.8, 4) is 0 Å². The van der Waals surface area contributed by atoms with E-state index in [2.05, 4.69) is 5.32 Å². The Labute approximate surface area is 107 Å². The van der Waals surface area contributed by atoms with E-state index in [1.54, 1.807) is 26.0 Å². The normalized spacial score (nSPS) is 11.7. The molecule has 4 heteroatoms. The number of anilines is 1. The van der Waals surface area contributed by atoms with Crippen LogP contribution in [-0.4, -0.2) is 24.4 Å². The number of ether oxygens (including phenoxy) is 1. The summed E-state index contributed by atoms with van der Waals surface area (Å²) < 4.78 is 4.92. The topological polar surface area (TPSA) is 55.4 Å². The average Bonchev–Trinajstić information content (AvgIpc) is 2.38. The molecule has 0 aromatic heterocycles. The molecule has 1 aromatic carbocycles. The molecule has 4 nitrogen and oxygen atoms in total. The number of hydrogen-bond acceptors (Lipinski definition) is 4. The van der Waals surface area contributed by atoms with Crippen LogP contribution < -0.4 is 5.32 Å². The third-order valence-electron chi connectivity index (χ3n) is 2.56.